The van der Waals surface area contributed by atoms with E-state index in [2.05, 4.69) is 4.90 Å². The summed E-state index contributed by atoms with van der Waals surface area (Å²) in [5.41, 5.74) is 0.481. The lowest BCUT2D eigenvalue weighted by molar-refractivity contribution is -0.122. The Kier molecular flexibility index (Phi) is 4.61. The number of hydrogen-bond acceptors (Lipinski definition) is 5. The Morgan fingerprint density at radius 1 is 1.27 bits per heavy atom. The Balaban J connectivity index is 1.59. The molecule has 0 spiro atoms. The number of carbonyl (C=O) groups is 1. The Hall–Kier alpha value is -1.63. The quantitative estimate of drug-likeness (QED) is 0.891. The van der Waals surface area contributed by atoms with Crippen molar-refractivity contribution in [2.75, 3.05) is 46.0 Å². The van der Waals surface area contributed by atoms with Gasteiger partial charge in [-0.3, -0.25) is 4.90 Å². The topological polar surface area (TPSA) is 62.2 Å². The van der Waals surface area contributed by atoms with Crippen LogP contribution < -0.4 is 0 Å². The lowest BCUT2D eigenvalue weighted by atomic mass is 9.94. The average molecular weight is 306 g/mol. The zero-order valence-electron chi connectivity index (χ0n) is 12.6. The molecule has 1 aromatic carbocycles. The van der Waals surface area contributed by atoms with Crippen LogP contribution in [0.4, 0.5) is 4.79 Å². The van der Waals surface area contributed by atoms with Crippen LogP contribution in [0.3, 0.4) is 0 Å². The molecule has 2 fully saturated rings. The van der Waals surface area contributed by atoms with Gasteiger partial charge in [-0.15, -0.1) is 0 Å². The third kappa shape index (κ3) is 3.09. The molecule has 2 aliphatic heterocycles. The highest BCUT2D eigenvalue weighted by Crippen LogP contribution is 2.25. The third-order valence-corrected chi connectivity index (χ3v) is 4.43. The van der Waals surface area contributed by atoms with Gasteiger partial charge in [0.1, 0.15) is 6.61 Å². The smallest absolute Gasteiger partial charge is 0.410 e. The molecule has 0 aromatic heterocycles. The van der Waals surface area contributed by atoms with Gasteiger partial charge in [-0.05, 0) is 5.56 Å². The van der Waals surface area contributed by atoms with Crippen molar-refractivity contribution < 1.29 is 19.4 Å². The molecule has 120 valence electrons. The zero-order valence-corrected chi connectivity index (χ0v) is 12.6. The van der Waals surface area contributed by atoms with Crippen LogP contribution >= 0.6 is 0 Å². The van der Waals surface area contributed by atoms with Crippen molar-refractivity contribution in [2.45, 2.75) is 12.1 Å². The molecule has 2 saturated heterocycles. The number of morpholine rings is 1. The van der Waals surface area contributed by atoms with Crippen molar-refractivity contribution in [2.24, 2.45) is 0 Å². The molecule has 1 N–H and O–H groups in total. The van der Waals surface area contributed by atoms with Crippen molar-refractivity contribution in [1.82, 2.24) is 9.80 Å². The number of hydrogen-bond donors (Lipinski definition) is 1. The average Bonchev–Trinajstić information content (AvgIpc) is 2.60. The van der Waals surface area contributed by atoms with Gasteiger partial charge in [-0.1, -0.05) is 30.3 Å². The second-order valence-electron chi connectivity index (χ2n) is 5.88. The van der Waals surface area contributed by atoms with E-state index in [0.29, 0.717) is 26.3 Å². The number of ether oxygens (including phenoxy) is 2. The summed E-state index contributed by atoms with van der Waals surface area (Å²) in [7, 11) is 0. The lowest BCUT2D eigenvalue weighted by Crippen LogP contribution is -2.69. The third-order valence-electron chi connectivity index (χ3n) is 4.43. The number of piperazine rings is 1. The number of aliphatic hydroxyl groups excluding tert-OH is 1. The molecule has 1 unspecified atom stereocenters. The first-order valence-electron chi connectivity index (χ1n) is 7.63. The molecule has 1 amide bonds. The van der Waals surface area contributed by atoms with E-state index in [0.717, 1.165) is 18.7 Å². The maximum atomic E-state index is 12.3. The standard InChI is InChI=1S/C16H22N2O4/c19-12-16-11-17(6-7-18(16)8-9-21-13-16)15(20)22-10-14-4-2-1-3-5-14/h1-5,19H,6-13H2. The maximum absolute atomic E-state index is 12.3. The molecule has 0 bridgehead atoms. The second-order valence-corrected chi connectivity index (χ2v) is 5.88. The normalized spacial score (nSPS) is 25.6. The fraction of sp³-hybridized carbons (Fsp3) is 0.562. The fourth-order valence-corrected chi connectivity index (χ4v) is 3.10. The minimum absolute atomic E-state index is 0.0184. The first-order chi connectivity index (χ1) is 10.7. The van der Waals surface area contributed by atoms with Gasteiger partial charge in [-0.2, -0.15) is 0 Å². The van der Waals surface area contributed by atoms with E-state index in [1.807, 2.05) is 30.3 Å². The molecular weight excluding hydrogens is 284 g/mol. The van der Waals surface area contributed by atoms with Crippen LogP contribution in [-0.2, 0) is 16.1 Å². The van der Waals surface area contributed by atoms with E-state index in [1.54, 1.807) is 4.90 Å². The number of nitrogens with zero attached hydrogens (tertiary/aromatic N) is 2. The van der Waals surface area contributed by atoms with E-state index in [-0.39, 0.29) is 19.3 Å². The number of carbonyl (C=O) groups excluding carboxylic acids is 1. The molecule has 1 aromatic rings. The summed E-state index contributed by atoms with van der Waals surface area (Å²) in [4.78, 5) is 16.2. The van der Waals surface area contributed by atoms with Gasteiger partial charge in [-0.25, -0.2) is 4.79 Å². The summed E-state index contributed by atoms with van der Waals surface area (Å²) in [5, 5.41) is 9.78. The van der Waals surface area contributed by atoms with Crippen LogP contribution in [0.5, 0.6) is 0 Å². The molecular formula is C16H22N2O4. The highest BCUT2D eigenvalue weighted by Gasteiger charge is 2.45. The predicted octanol–water partition coefficient (Wildman–Crippen LogP) is 0.702. The number of amides is 1. The van der Waals surface area contributed by atoms with Gasteiger partial charge in [0.25, 0.3) is 0 Å². The second kappa shape index (κ2) is 6.64. The molecule has 0 radical (unpaired) electrons. The van der Waals surface area contributed by atoms with Gasteiger partial charge in [0.2, 0.25) is 0 Å². The van der Waals surface area contributed by atoms with Gasteiger partial charge >= 0.3 is 6.09 Å². The van der Waals surface area contributed by atoms with Crippen LogP contribution in [0.2, 0.25) is 0 Å². The Bertz CT molecular complexity index is 510. The highest BCUT2D eigenvalue weighted by molar-refractivity contribution is 5.68. The summed E-state index contributed by atoms with van der Waals surface area (Å²) in [5.74, 6) is 0. The van der Waals surface area contributed by atoms with E-state index in [1.165, 1.54) is 0 Å². The Morgan fingerprint density at radius 2 is 2.09 bits per heavy atom. The molecule has 0 saturated carbocycles. The molecule has 6 heteroatoms. The summed E-state index contributed by atoms with van der Waals surface area (Å²) in [6, 6.07) is 9.62. The SMILES string of the molecule is O=C(OCc1ccccc1)N1CCN2CCOCC2(CO)C1. The van der Waals surface area contributed by atoms with Crippen molar-refractivity contribution in [1.29, 1.82) is 0 Å². The van der Waals surface area contributed by atoms with Crippen molar-refractivity contribution in [3.63, 3.8) is 0 Å². The Morgan fingerprint density at radius 3 is 2.86 bits per heavy atom. The summed E-state index contributed by atoms with van der Waals surface area (Å²) in [6.07, 6.45) is -0.332. The summed E-state index contributed by atoms with van der Waals surface area (Å²) in [6.45, 7) is 3.98. The minimum Gasteiger partial charge on any atom is -0.445 e. The van der Waals surface area contributed by atoms with Gasteiger partial charge in [0.15, 0.2) is 0 Å². The molecule has 0 aliphatic carbocycles. The molecule has 2 heterocycles. The van der Waals surface area contributed by atoms with Crippen LogP contribution in [-0.4, -0.2) is 72.5 Å². The number of aliphatic hydroxyl groups is 1. The highest BCUT2D eigenvalue weighted by atomic mass is 16.6. The van der Waals surface area contributed by atoms with E-state index < -0.39 is 5.54 Å². The summed E-state index contributed by atoms with van der Waals surface area (Å²) >= 11 is 0. The van der Waals surface area contributed by atoms with E-state index >= 15 is 0 Å². The monoisotopic (exact) mass is 306 g/mol. The predicted molar refractivity (Wildman–Crippen MR) is 80.4 cm³/mol. The first kappa shape index (κ1) is 15.3. The first-order valence-corrected chi connectivity index (χ1v) is 7.63. The van der Waals surface area contributed by atoms with Crippen molar-refractivity contribution >= 4 is 6.09 Å². The van der Waals surface area contributed by atoms with Gasteiger partial charge in [0, 0.05) is 26.2 Å². The molecule has 1 atom stereocenters. The van der Waals surface area contributed by atoms with Crippen molar-refractivity contribution in [3.05, 3.63) is 35.9 Å². The number of rotatable bonds is 3. The maximum Gasteiger partial charge on any atom is 0.410 e. The van der Waals surface area contributed by atoms with Crippen LogP contribution in [0.1, 0.15) is 5.56 Å². The number of fused-ring (bicyclic) bond motifs is 1. The molecule has 3 rings (SSSR count). The van der Waals surface area contributed by atoms with E-state index in [9.17, 15) is 9.90 Å². The largest absolute Gasteiger partial charge is 0.445 e. The van der Waals surface area contributed by atoms with Crippen LogP contribution in [0.15, 0.2) is 30.3 Å². The number of benzene rings is 1. The van der Waals surface area contributed by atoms with Crippen molar-refractivity contribution in [3.8, 4) is 0 Å². The van der Waals surface area contributed by atoms with Crippen LogP contribution in [0.25, 0.3) is 0 Å². The minimum atomic E-state index is -0.484. The molecule has 22 heavy (non-hydrogen) atoms. The molecule has 6 nitrogen and oxygen atoms in total. The summed E-state index contributed by atoms with van der Waals surface area (Å²) < 4.78 is 10.9. The molecule has 2 aliphatic rings. The van der Waals surface area contributed by atoms with Gasteiger partial charge < -0.3 is 19.5 Å². The van der Waals surface area contributed by atoms with Crippen LogP contribution in [0, 0.1) is 0 Å². The Labute approximate surface area is 130 Å². The lowest BCUT2D eigenvalue weighted by Gasteiger charge is -2.51. The van der Waals surface area contributed by atoms with Gasteiger partial charge in [0.05, 0.1) is 25.4 Å². The fourth-order valence-electron chi connectivity index (χ4n) is 3.10. The zero-order chi connectivity index (χ0) is 15.4. The van der Waals surface area contributed by atoms with E-state index in [4.69, 9.17) is 9.47 Å².